The molecule has 0 unspecified atom stereocenters. The van der Waals surface area contributed by atoms with Crippen molar-refractivity contribution < 1.29 is 14.6 Å². The van der Waals surface area contributed by atoms with E-state index in [1.807, 2.05) is 0 Å². The molecule has 2 heterocycles. The van der Waals surface area contributed by atoms with Crippen LogP contribution in [0.15, 0.2) is 18.3 Å². The molecule has 0 aliphatic heterocycles. The molecule has 6 nitrogen and oxygen atoms in total. The van der Waals surface area contributed by atoms with Gasteiger partial charge in [0.2, 0.25) is 5.88 Å². The molecule has 0 amide bonds. The van der Waals surface area contributed by atoms with Crippen LogP contribution in [0.1, 0.15) is 10.5 Å². The maximum atomic E-state index is 10.7. The second-order valence-electron chi connectivity index (χ2n) is 2.59. The first-order valence-electron chi connectivity index (χ1n) is 3.84. The van der Waals surface area contributed by atoms with Crippen molar-refractivity contribution in [2.24, 2.45) is 0 Å². The predicted molar refractivity (Wildman–Crippen MR) is 46.5 cm³/mol. The van der Waals surface area contributed by atoms with Crippen LogP contribution in [0.2, 0.25) is 0 Å². The van der Waals surface area contributed by atoms with E-state index in [2.05, 4.69) is 10.1 Å². The van der Waals surface area contributed by atoms with Crippen molar-refractivity contribution in [1.82, 2.24) is 14.6 Å². The fraction of sp³-hybridized carbons (Fsp3) is 0.125. The number of aromatic carboxylic acids is 1. The van der Waals surface area contributed by atoms with E-state index >= 15 is 0 Å². The SMILES string of the molecule is COc1ccc2ncc(C(=O)O)n2n1. The third-order valence-electron chi connectivity index (χ3n) is 1.77. The summed E-state index contributed by atoms with van der Waals surface area (Å²) >= 11 is 0. The maximum Gasteiger partial charge on any atom is 0.356 e. The largest absolute Gasteiger partial charge is 0.480 e. The zero-order valence-corrected chi connectivity index (χ0v) is 7.34. The molecule has 0 radical (unpaired) electrons. The number of methoxy groups -OCH3 is 1. The first-order chi connectivity index (χ1) is 6.72. The lowest BCUT2D eigenvalue weighted by Gasteiger charge is -1.99. The van der Waals surface area contributed by atoms with Gasteiger partial charge in [0.25, 0.3) is 0 Å². The van der Waals surface area contributed by atoms with E-state index < -0.39 is 5.97 Å². The van der Waals surface area contributed by atoms with Crippen LogP contribution in [0.25, 0.3) is 5.65 Å². The van der Waals surface area contributed by atoms with E-state index in [4.69, 9.17) is 9.84 Å². The third-order valence-corrected chi connectivity index (χ3v) is 1.77. The summed E-state index contributed by atoms with van der Waals surface area (Å²) in [7, 11) is 1.46. The van der Waals surface area contributed by atoms with Gasteiger partial charge in [-0.25, -0.2) is 14.3 Å². The van der Waals surface area contributed by atoms with Crippen LogP contribution >= 0.6 is 0 Å². The number of ether oxygens (including phenoxy) is 1. The van der Waals surface area contributed by atoms with E-state index in [0.29, 0.717) is 11.5 Å². The molecule has 2 rings (SSSR count). The standard InChI is InChI=1S/C8H7N3O3/c1-14-7-3-2-6-9-4-5(8(12)13)11(6)10-7/h2-4H,1H3,(H,12,13). The molecule has 2 aromatic rings. The van der Waals surface area contributed by atoms with E-state index in [9.17, 15) is 4.79 Å². The van der Waals surface area contributed by atoms with Crippen molar-refractivity contribution in [1.29, 1.82) is 0 Å². The van der Waals surface area contributed by atoms with Crippen molar-refractivity contribution in [2.45, 2.75) is 0 Å². The van der Waals surface area contributed by atoms with Crippen molar-refractivity contribution in [2.75, 3.05) is 7.11 Å². The zero-order chi connectivity index (χ0) is 10.1. The molecule has 0 spiro atoms. The highest BCUT2D eigenvalue weighted by molar-refractivity contribution is 5.86. The van der Waals surface area contributed by atoms with Crippen LogP contribution in [0.3, 0.4) is 0 Å². The van der Waals surface area contributed by atoms with Gasteiger partial charge in [0.05, 0.1) is 13.3 Å². The summed E-state index contributed by atoms with van der Waals surface area (Å²) in [6.07, 6.45) is 1.25. The van der Waals surface area contributed by atoms with Gasteiger partial charge in [-0.2, -0.15) is 0 Å². The Kier molecular flexibility index (Phi) is 1.81. The molecule has 0 fully saturated rings. The van der Waals surface area contributed by atoms with Gasteiger partial charge in [-0.15, -0.1) is 5.10 Å². The van der Waals surface area contributed by atoms with Gasteiger partial charge < -0.3 is 9.84 Å². The van der Waals surface area contributed by atoms with Gasteiger partial charge in [-0.3, -0.25) is 0 Å². The lowest BCUT2D eigenvalue weighted by Crippen LogP contribution is -2.05. The van der Waals surface area contributed by atoms with Crippen molar-refractivity contribution in [3.63, 3.8) is 0 Å². The number of carbonyl (C=O) groups is 1. The van der Waals surface area contributed by atoms with Gasteiger partial charge in [0, 0.05) is 6.07 Å². The number of hydrogen-bond donors (Lipinski definition) is 1. The number of fused-ring (bicyclic) bond motifs is 1. The maximum absolute atomic E-state index is 10.7. The van der Waals surface area contributed by atoms with Crippen LogP contribution in [-0.4, -0.2) is 32.8 Å². The van der Waals surface area contributed by atoms with Gasteiger partial charge in [0.1, 0.15) is 0 Å². The highest BCUT2D eigenvalue weighted by atomic mass is 16.5. The Balaban J connectivity index is 2.69. The molecular formula is C8H7N3O3. The Labute approximate surface area is 78.8 Å². The van der Waals surface area contributed by atoms with Crippen LogP contribution in [0, 0.1) is 0 Å². The summed E-state index contributed by atoms with van der Waals surface area (Å²) in [5, 5.41) is 12.7. The molecule has 0 aromatic carbocycles. The Hall–Kier alpha value is -2.11. The highest BCUT2D eigenvalue weighted by Crippen LogP contribution is 2.09. The highest BCUT2D eigenvalue weighted by Gasteiger charge is 2.11. The average Bonchev–Trinajstić information content (AvgIpc) is 2.59. The van der Waals surface area contributed by atoms with Crippen LogP contribution in [0.4, 0.5) is 0 Å². The normalized spacial score (nSPS) is 10.4. The molecule has 6 heteroatoms. The van der Waals surface area contributed by atoms with Gasteiger partial charge in [-0.1, -0.05) is 0 Å². The summed E-state index contributed by atoms with van der Waals surface area (Å²) in [5.41, 5.74) is 0.488. The molecule has 0 atom stereocenters. The number of hydrogen-bond acceptors (Lipinski definition) is 4. The lowest BCUT2D eigenvalue weighted by atomic mass is 10.5. The number of imidazole rings is 1. The van der Waals surface area contributed by atoms with Crippen molar-refractivity contribution in [3.05, 3.63) is 24.0 Å². The third kappa shape index (κ3) is 1.17. The predicted octanol–water partition coefficient (Wildman–Crippen LogP) is 0.436. The second-order valence-corrected chi connectivity index (χ2v) is 2.59. The molecule has 72 valence electrons. The Bertz CT molecular complexity index is 492. The van der Waals surface area contributed by atoms with Gasteiger partial charge in [-0.05, 0) is 6.07 Å². The Morgan fingerprint density at radius 1 is 1.57 bits per heavy atom. The summed E-state index contributed by atoms with van der Waals surface area (Å²) in [6.45, 7) is 0. The lowest BCUT2D eigenvalue weighted by molar-refractivity contribution is 0.0688. The van der Waals surface area contributed by atoms with Gasteiger partial charge >= 0.3 is 5.97 Å². The minimum Gasteiger partial charge on any atom is -0.480 e. The summed E-state index contributed by atoms with van der Waals surface area (Å²) in [5.74, 6) is -0.726. The molecule has 0 aliphatic rings. The van der Waals surface area contributed by atoms with E-state index in [0.717, 1.165) is 0 Å². The Morgan fingerprint density at radius 2 is 2.36 bits per heavy atom. The minimum absolute atomic E-state index is 0.0129. The van der Waals surface area contributed by atoms with Crippen LogP contribution < -0.4 is 4.74 Å². The number of nitrogens with zero attached hydrogens (tertiary/aromatic N) is 3. The van der Waals surface area contributed by atoms with Crippen LogP contribution in [0.5, 0.6) is 5.88 Å². The molecule has 0 saturated carbocycles. The second kappa shape index (κ2) is 2.99. The van der Waals surface area contributed by atoms with E-state index in [1.54, 1.807) is 12.1 Å². The van der Waals surface area contributed by atoms with E-state index in [1.165, 1.54) is 17.8 Å². The summed E-state index contributed by atoms with van der Waals surface area (Å²) in [6, 6.07) is 3.26. The molecule has 1 N–H and O–H groups in total. The number of carboxylic acids is 1. The molecule has 14 heavy (non-hydrogen) atoms. The molecule has 0 saturated heterocycles. The smallest absolute Gasteiger partial charge is 0.356 e. The quantitative estimate of drug-likeness (QED) is 0.748. The number of aromatic nitrogens is 3. The average molecular weight is 193 g/mol. The monoisotopic (exact) mass is 193 g/mol. The summed E-state index contributed by atoms with van der Waals surface area (Å²) in [4.78, 5) is 14.6. The molecule has 0 aliphatic carbocycles. The minimum atomic E-state index is -1.07. The number of rotatable bonds is 2. The fourth-order valence-electron chi connectivity index (χ4n) is 1.11. The molecular weight excluding hydrogens is 186 g/mol. The van der Waals surface area contributed by atoms with Crippen molar-refractivity contribution in [3.8, 4) is 5.88 Å². The fourth-order valence-corrected chi connectivity index (χ4v) is 1.11. The summed E-state index contributed by atoms with van der Waals surface area (Å²) < 4.78 is 6.10. The number of carboxylic acid groups (broad SMARTS) is 1. The Morgan fingerprint density at radius 3 is 3.00 bits per heavy atom. The topological polar surface area (TPSA) is 76.7 Å². The van der Waals surface area contributed by atoms with Crippen molar-refractivity contribution >= 4 is 11.6 Å². The van der Waals surface area contributed by atoms with Crippen LogP contribution in [-0.2, 0) is 0 Å². The first kappa shape index (κ1) is 8.49. The molecule has 2 aromatic heterocycles. The zero-order valence-electron chi connectivity index (χ0n) is 7.34. The van der Waals surface area contributed by atoms with E-state index in [-0.39, 0.29) is 5.69 Å². The van der Waals surface area contributed by atoms with Gasteiger partial charge in [0.15, 0.2) is 11.3 Å². The first-order valence-corrected chi connectivity index (χ1v) is 3.84. The molecule has 0 bridgehead atoms.